The summed E-state index contributed by atoms with van der Waals surface area (Å²) in [4.78, 5) is 6.11. The third kappa shape index (κ3) is 4.54. The van der Waals surface area contributed by atoms with E-state index in [1.165, 1.54) is 35.4 Å². The summed E-state index contributed by atoms with van der Waals surface area (Å²) < 4.78 is 0. The Kier molecular flexibility index (Phi) is 5.85. The normalized spacial score (nSPS) is 16.5. The summed E-state index contributed by atoms with van der Waals surface area (Å²) in [6.45, 7) is 4.53. The minimum absolute atomic E-state index is 0.607. The molecule has 0 bridgehead atoms. The number of hydrogen-bond acceptors (Lipinski definition) is 3. The molecule has 128 valence electrons. The second kappa shape index (κ2) is 8.08. The van der Waals surface area contributed by atoms with Crippen molar-refractivity contribution in [2.24, 2.45) is 5.92 Å². The molecule has 2 aromatic rings. The number of thiocarbonyl (C=S) groups is 1. The fraction of sp³-hybridized carbons (Fsp3) is 0.474. The highest BCUT2D eigenvalue weighted by molar-refractivity contribution is 7.80. The Morgan fingerprint density at radius 2 is 2.08 bits per heavy atom. The van der Waals surface area contributed by atoms with Gasteiger partial charge in [0.2, 0.25) is 0 Å². The van der Waals surface area contributed by atoms with Crippen LogP contribution in [0.4, 0.5) is 10.8 Å². The highest BCUT2D eigenvalue weighted by Crippen LogP contribution is 2.32. The molecule has 3 rings (SSSR count). The topological polar surface area (TPSA) is 37.0 Å². The van der Waals surface area contributed by atoms with Gasteiger partial charge in [-0.05, 0) is 67.9 Å². The third-order valence-electron chi connectivity index (χ3n) is 4.44. The zero-order valence-electron chi connectivity index (χ0n) is 14.4. The summed E-state index contributed by atoms with van der Waals surface area (Å²) in [5, 5.41) is 8.00. The standard InChI is InChI=1S/C19H25N3S2/c1-3-4-5-14-7-9-15(10-8-14)20-18(23)22-19-21-16-11-6-13(2)12-17(16)24-19/h7-10,13H,3-6,11-12H2,1-2H3,(H2,20,21,22,23). The lowest BCUT2D eigenvalue weighted by Gasteiger charge is -2.15. The number of rotatable bonds is 5. The van der Waals surface area contributed by atoms with Crippen LogP contribution in [0.25, 0.3) is 0 Å². The maximum atomic E-state index is 5.43. The van der Waals surface area contributed by atoms with Gasteiger partial charge in [0.25, 0.3) is 0 Å². The molecule has 0 spiro atoms. The molecule has 0 saturated carbocycles. The second-order valence-corrected chi connectivity index (χ2v) is 8.11. The molecular formula is C19H25N3S2. The Hall–Kier alpha value is -1.46. The number of hydrogen-bond donors (Lipinski definition) is 2. The Bertz CT molecular complexity index is 691. The van der Waals surface area contributed by atoms with Crippen molar-refractivity contribution in [2.75, 3.05) is 10.6 Å². The first kappa shape index (κ1) is 17.4. The van der Waals surface area contributed by atoms with Gasteiger partial charge in [0.15, 0.2) is 10.2 Å². The monoisotopic (exact) mass is 359 g/mol. The molecule has 1 aromatic heterocycles. The lowest BCUT2D eigenvalue weighted by Crippen LogP contribution is -2.19. The van der Waals surface area contributed by atoms with Crippen LogP contribution in [0.5, 0.6) is 0 Å². The van der Waals surface area contributed by atoms with Gasteiger partial charge in [-0.25, -0.2) is 4.98 Å². The van der Waals surface area contributed by atoms with Crippen LogP contribution in [0.3, 0.4) is 0 Å². The Morgan fingerprint density at radius 1 is 1.29 bits per heavy atom. The number of aromatic nitrogens is 1. The van der Waals surface area contributed by atoms with Crippen molar-refractivity contribution in [2.45, 2.75) is 52.4 Å². The van der Waals surface area contributed by atoms with Crippen LogP contribution in [0.15, 0.2) is 24.3 Å². The average Bonchev–Trinajstić information content (AvgIpc) is 2.95. The number of unbranched alkanes of at least 4 members (excludes halogenated alkanes) is 1. The zero-order chi connectivity index (χ0) is 16.9. The van der Waals surface area contributed by atoms with Crippen molar-refractivity contribution >= 4 is 39.5 Å². The molecule has 0 radical (unpaired) electrons. The van der Waals surface area contributed by atoms with Gasteiger partial charge in [0.1, 0.15) is 0 Å². The Balaban J connectivity index is 1.56. The molecule has 0 aliphatic heterocycles. The maximum Gasteiger partial charge on any atom is 0.189 e. The molecule has 5 heteroatoms. The number of aryl methyl sites for hydroxylation is 2. The Labute approximate surface area is 153 Å². The van der Waals surface area contributed by atoms with Crippen molar-refractivity contribution in [1.29, 1.82) is 0 Å². The number of fused-ring (bicyclic) bond motifs is 1. The summed E-state index contributed by atoms with van der Waals surface area (Å²) in [6.07, 6.45) is 7.08. The molecule has 24 heavy (non-hydrogen) atoms. The molecule has 1 aromatic carbocycles. The van der Waals surface area contributed by atoms with Gasteiger partial charge in [-0.2, -0.15) is 0 Å². The van der Waals surface area contributed by atoms with Gasteiger partial charge in [-0.15, -0.1) is 11.3 Å². The number of benzene rings is 1. The lowest BCUT2D eigenvalue weighted by atomic mass is 9.93. The van der Waals surface area contributed by atoms with E-state index >= 15 is 0 Å². The Morgan fingerprint density at radius 3 is 2.83 bits per heavy atom. The van der Waals surface area contributed by atoms with Crippen LogP contribution in [-0.4, -0.2) is 10.1 Å². The fourth-order valence-electron chi connectivity index (χ4n) is 2.99. The first-order valence-corrected chi connectivity index (χ1v) is 10.0. The lowest BCUT2D eigenvalue weighted by molar-refractivity contribution is 0.502. The predicted molar refractivity (Wildman–Crippen MR) is 108 cm³/mol. The van der Waals surface area contributed by atoms with E-state index in [9.17, 15) is 0 Å². The molecule has 1 atom stereocenters. The van der Waals surface area contributed by atoms with Crippen molar-refractivity contribution in [3.63, 3.8) is 0 Å². The number of nitrogens with one attached hydrogen (secondary N) is 2. The van der Waals surface area contributed by atoms with E-state index in [2.05, 4.69) is 48.7 Å². The quantitative estimate of drug-likeness (QED) is 0.699. The summed E-state index contributed by atoms with van der Waals surface area (Å²) >= 11 is 7.17. The van der Waals surface area contributed by atoms with E-state index in [0.717, 1.165) is 36.0 Å². The summed E-state index contributed by atoms with van der Waals surface area (Å²) in [7, 11) is 0. The molecule has 1 aliphatic rings. The molecular weight excluding hydrogens is 334 g/mol. The van der Waals surface area contributed by atoms with Crippen molar-refractivity contribution in [3.05, 3.63) is 40.4 Å². The number of anilines is 2. The minimum Gasteiger partial charge on any atom is -0.332 e. The van der Waals surface area contributed by atoms with Crippen molar-refractivity contribution < 1.29 is 0 Å². The maximum absolute atomic E-state index is 5.43. The van der Waals surface area contributed by atoms with E-state index in [0.29, 0.717) is 5.11 Å². The molecule has 1 aliphatic carbocycles. The van der Waals surface area contributed by atoms with E-state index in [4.69, 9.17) is 17.2 Å². The van der Waals surface area contributed by atoms with Crippen LogP contribution in [0.2, 0.25) is 0 Å². The largest absolute Gasteiger partial charge is 0.332 e. The second-order valence-electron chi connectivity index (χ2n) is 6.62. The van der Waals surface area contributed by atoms with Crippen molar-refractivity contribution in [3.8, 4) is 0 Å². The third-order valence-corrected chi connectivity index (χ3v) is 5.68. The smallest absolute Gasteiger partial charge is 0.189 e. The van der Waals surface area contributed by atoms with Crippen molar-refractivity contribution in [1.82, 2.24) is 4.98 Å². The predicted octanol–water partition coefficient (Wildman–Crippen LogP) is 5.42. The van der Waals surface area contributed by atoms with E-state index in [1.807, 2.05) is 0 Å². The molecule has 0 fully saturated rings. The van der Waals surface area contributed by atoms with Crippen LogP contribution in [0.1, 0.15) is 49.2 Å². The van der Waals surface area contributed by atoms with Gasteiger partial charge in [0.05, 0.1) is 5.69 Å². The SMILES string of the molecule is CCCCc1ccc(NC(=S)Nc2nc3c(s2)CC(C)CC3)cc1. The first-order valence-electron chi connectivity index (χ1n) is 8.79. The molecule has 1 unspecified atom stereocenters. The summed E-state index contributed by atoms with van der Waals surface area (Å²) in [6, 6.07) is 8.52. The zero-order valence-corrected chi connectivity index (χ0v) is 16.0. The number of nitrogens with zero attached hydrogens (tertiary/aromatic N) is 1. The molecule has 0 amide bonds. The summed E-state index contributed by atoms with van der Waals surface area (Å²) in [5.74, 6) is 0.766. The first-order chi connectivity index (χ1) is 11.6. The molecule has 3 nitrogen and oxygen atoms in total. The highest BCUT2D eigenvalue weighted by atomic mass is 32.1. The van der Waals surface area contributed by atoms with E-state index in [1.54, 1.807) is 11.3 Å². The van der Waals surface area contributed by atoms with Crippen LogP contribution >= 0.6 is 23.6 Å². The van der Waals surface area contributed by atoms with Gasteiger partial charge in [-0.1, -0.05) is 32.4 Å². The van der Waals surface area contributed by atoms with Crippen LogP contribution < -0.4 is 10.6 Å². The van der Waals surface area contributed by atoms with Crippen LogP contribution in [-0.2, 0) is 19.3 Å². The van der Waals surface area contributed by atoms with Gasteiger partial charge < -0.3 is 10.6 Å². The summed E-state index contributed by atoms with van der Waals surface area (Å²) in [5.41, 5.74) is 3.65. The number of thiazole rings is 1. The fourth-order valence-corrected chi connectivity index (χ4v) is 4.44. The van der Waals surface area contributed by atoms with E-state index < -0.39 is 0 Å². The van der Waals surface area contributed by atoms with Gasteiger partial charge in [-0.3, -0.25) is 0 Å². The molecule has 2 N–H and O–H groups in total. The highest BCUT2D eigenvalue weighted by Gasteiger charge is 2.19. The minimum atomic E-state index is 0.607. The van der Waals surface area contributed by atoms with Gasteiger partial charge in [0, 0.05) is 10.6 Å². The molecule has 0 saturated heterocycles. The average molecular weight is 360 g/mol. The molecule has 1 heterocycles. The van der Waals surface area contributed by atoms with Gasteiger partial charge >= 0.3 is 0 Å². The van der Waals surface area contributed by atoms with Crippen LogP contribution in [0, 0.1) is 5.92 Å². The van der Waals surface area contributed by atoms with E-state index in [-0.39, 0.29) is 0 Å².